The molecular weight excluding hydrogens is 711 g/mol. The summed E-state index contributed by atoms with van der Waals surface area (Å²) in [7, 11) is -1.83. The minimum atomic E-state index is -1.83. The maximum absolute atomic E-state index is 5.22. The van der Waals surface area contributed by atoms with Crippen molar-refractivity contribution in [2.45, 2.75) is 33.4 Å². The summed E-state index contributed by atoms with van der Waals surface area (Å²) >= 11 is 0. The van der Waals surface area contributed by atoms with Gasteiger partial charge in [0, 0.05) is 36.3 Å². The van der Waals surface area contributed by atoms with E-state index in [1.54, 1.807) is 0 Å². The van der Waals surface area contributed by atoms with Crippen LogP contribution in [0.4, 0.5) is 0 Å². The maximum atomic E-state index is 5.22. The van der Waals surface area contributed by atoms with Crippen LogP contribution < -0.4 is 0 Å². The SMILES string of the molecule is Cc1ccc(S2(c3ccc(C)cc3)c3ccccc3-c3ccc(-c4ccccc4-c4nc(-c5ccccc5)nc(-c5ccc(-c6ccccc6)cc5)n4)cc32)cc1. The molecule has 0 saturated heterocycles. The van der Waals surface area contributed by atoms with E-state index in [2.05, 4.69) is 190 Å². The number of benzene rings is 8. The molecule has 0 bridgehead atoms. The zero-order valence-electron chi connectivity index (χ0n) is 31.8. The number of hydrogen-bond acceptors (Lipinski definition) is 3. The van der Waals surface area contributed by atoms with E-state index in [1.165, 1.54) is 47.4 Å². The van der Waals surface area contributed by atoms with Gasteiger partial charge in [-0.15, -0.1) is 10.0 Å². The van der Waals surface area contributed by atoms with Gasteiger partial charge in [-0.1, -0.05) is 175 Å². The Kier molecular flexibility index (Phi) is 8.69. The predicted octanol–water partition coefficient (Wildman–Crippen LogP) is 14.1. The molecule has 57 heavy (non-hydrogen) atoms. The Bertz CT molecular complexity index is 2840. The Hall–Kier alpha value is -6.88. The highest BCUT2D eigenvalue weighted by Gasteiger charge is 2.42. The second-order valence-electron chi connectivity index (χ2n) is 14.6. The van der Waals surface area contributed by atoms with Gasteiger partial charge in [-0.2, -0.15) is 0 Å². The molecule has 0 aliphatic carbocycles. The quantitative estimate of drug-likeness (QED) is 0.163. The van der Waals surface area contributed by atoms with Crippen molar-refractivity contribution in [3.05, 3.63) is 211 Å². The molecule has 4 heteroatoms. The van der Waals surface area contributed by atoms with Gasteiger partial charge in [-0.25, -0.2) is 15.0 Å². The summed E-state index contributed by atoms with van der Waals surface area (Å²) in [5.41, 5.74) is 12.5. The third-order valence-electron chi connectivity index (χ3n) is 11.0. The normalized spacial score (nSPS) is 13.1. The van der Waals surface area contributed by atoms with Crippen LogP contribution in [0.15, 0.2) is 220 Å². The van der Waals surface area contributed by atoms with E-state index < -0.39 is 10.0 Å². The molecule has 0 N–H and O–H groups in total. The van der Waals surface area contributed by atoms with Crippen molar-refractivity contribution in [3.8, 4) is 67.5 Å². The summed E-state index contributed by atoms with van der Waals surface area (Å²) < 4.78 is 0. The molecule has 1 aromatic heterocycles. The fourth-order valence-corrected chi connectivity index (χ4v) is 12.3. The van der Waals surface area contributed by atoms with Gasteiger partial charge >= 0.3 is 0 Å². The lowest BCUT2D eigenvalue weighted by Gasteiger charge is -2.39. The molecule has 8 aromatic carbocycles. The smallest absolute Gasteiger partial charge is 0.164 e. The van der Waals surface area contributed by atoms with Gasteiger partial charge in [-0.05, 0) is 83.6 Å². The first-order chi connectivity index (χ1) is 28.1. The van der Waals surface area contributed by atoms with Crippen LogP contribution in [-0.4, -0.2) is 15.0 Å². The number of fused-ring (bicyclic) bond motifs is 3. The highest BCUT2D eigenvalue weighted by Crippen LogP contribution is 2.80. The minimum Gasteiger partial charge on any atom is -0.208 e. The molecule has 0 unspecified atom stereocenters. The Morgan fingerprint density at radius 3 is 1.33 bits per heavy atom. The highest BCUT2D eigenvalue weighted by molar-refractivity contribution is 8.34. The lowest BCUT2D eigenvalue weighted by Crippen LogP contribution is -2.03. The average molecular weight is 750 g/mol. The topological polar surface area (TPSA) is 38.7 Å². The first kappa shape index (κ1) is 34.6. The molecule has 10 rings (SSSR count). The molecular formula is C53H39N3S. The van der Waals surface area contributed by atoms with Crippen molar-refractivity contribution in [1.29, 1.82) is 0 Å². The van der Waals surface area contributed by atoms with Gasteiger partial charge in [0.2, 0.25) is 0 Å². The van der Waals surface area contributed by atoms with E-state index >= 15 is 0 Å². The summed E-state index contributed by atoms with van der Waals surface area (Å²) in [6.07, 6.45) is 0. The molecule has 0 fully saturated rings. The van der Waals surface area contributed by atoms with Gasteiger partial charge in [-0.3, -0.25) is 0 Å². The molecule has 0 radical (unpaired) electrons. The largest absolute Gasteiger partial charge is 0.208 e. The summed E-state index contributed by atoms with van der Waals surface area (Å²) in [4.78, 5) is 20.8. The average Bonchev–Trinajstić information content (AvgIpc) is 3.57. The zero-order chi connectivity index (χ0) is 38.3. The van der Waals surface area contributed by atoms with Gasteiger partial charge in [0.15, 0.2) is 17.5 Å². The molecule has 3 nitrogen and oxygen atoms in total. The van der Waals surface area contributed by atoms with Crippen molar-refractivity contribution < 1.29 is 0 Å². The summed E-state index contributed by atoms with van der Waals surface area (Å²) in [6.45, 7) is 4.33. The first-order valence-electron chi connectivity index (χ1n) is 19.3. The lowest BCUT2D eigenvalue weighted by molar-refractivity contribution is 1.07. The fraction of sp³-hybridized carbons (Fsp3) is 0.0377. The van der Waals surface area contributed by atoms with Crippen molar-refractivity contribution in [3.63, 3.8) is 0 Å². The van der Waals surface area contributed by atoms with Crippen LogP contribution in [0, 0.1) is 13.8 Å². The molecule has 0 saturated carbocycles. The van der Waals surface area contributed by atoms with E-state index in [0.717, 1.165) is 33.4 Å². The van der Waals surface area contributed by atoms with Crippen LogP contribution in [0.1, 0.15) is 11.1 Å². The third-order valence-corrected chi connectivity index (χ3v) is 14.9. The minimum absolute atomic E-state index is 0.639. The number of nitrogens with zero attached hydrogens (tertiary/aromatic N) is 3. The van der Waals surface area contributed by atoms with Gasteiger partial charge < -0.3 is 0 Å². The Balaban J connectivity index is 1.16. The maximum Gasteiger partial charge on any atom is 0.164 e. The second-order valence-corrected chi connectivity index (χ2v) is 17.7. The number of aryl methyl sites for hydroxylation is 2. The van der Waals surface area contributed by atoms with Crippen LogP contribution >= 0.6 is 10.0 Å². The van der Waals surface area contributed by atoms with Gasteiger partial charge in [0.05, 0.1) is 0 Å². The van der Waals surface area contributed by atoms with E-state index in [0.29, 0.717) is 17.5 Å². The number of aromatic nitrogens is 3. The summed E-state index contributed by atoms with van der Waals surface area (Å²) in [5, 5.41) is 0. The zero-order valence-corrected chi connectivity index (χ0v) is 32.6. The Morgan fingerprint density at radius 2 is 0.719 bits per heavy atom. The standard InChI is InChI=1S/C53H39N3S/c1-36-21-30-43(31-22-36)57(44-32-23-37(2)24-33-44)49-20-12-11-18-46(49)47-34-29-42(35-50(47)57)45-17-9-10-19-48(45)53-55-51(40-15-7-4-8-16-40)54-52(56-53)41-27-25-39(26-28-41)38-13-5-3-6-14-38/h3-35H,1-2H3. The Labute approximate surface area is 335 Å². The van der Waals surface area contributed by atoms with Crippen LogP contribution in [0.3, 0.4) is 0 Å². The molecule has 2 heterocycles. The van der Waals surface area contributed by atoms with Crippen molar-refractivity contribution >= 4 is 10.0 Å². The molecule has 0 amide bonds. The van der Waals surface area contributed by atoms with Crippen molar-refractivity contribution in [2.24, 2.45) is 0 Å². The molecule has 1 aliphatic heterocycles. The molecule has 1 aliphatic rings. The third kappa shape index (κ3) is 6.06. The molecule has 0 spiro atoms. The molecule has 9 aromatic rings. The van der Waals surface area contributed by atoms with E-state index in [4.69, 9.17) is 15.0 Å². The van der Waals surface area contributed by atoms with Crippen LogP contribution in [-0.2, 0) is 0 Å². The second kappa shape index (κ2) is 14.3. The van der Waals surface area contributed by atoms with Crippen LogP contribution in [0.25, 0.3) is 67.5 Å². The van der Waals surface area contributed by atoms with Crippen molar-refractivity contribution in [1.82, 2.24) is 15.0 Å². The van der Waals surface area contributed by atoms with Gasteiger partial charge in [0.1, 0.15) is 0 Å². The summed E-state index contributed by atoms with van der Waals surface area (Å²) in [5.74, 6) is 1.92. The monoisotopic (exact) mass is 749 g/mol. The number of rotatable bonds is 7. The molecule has 272 valence electrons. The van der Waals surface area contributed by atoms with Crippen LogP contribution in [0.2, 0.25) is 0 Å². The van der Waals surface area contributed by atoms with Crippen LogP contribution in [0.5, 0.6) is 0 Å². The summed E-state index contributed by atoms with van der Waals surface area (Å²) in [6, 6.07) is 72.2. The van der Waals surface area contributed by atoms with E-state index in [1.807, 2.05) is 24.3 Å². The Morgan fingerprint density at radius 1 is 0.298 bits per heavy atom. The first-order valence-corrected chi connectivity index (χ1v) is 21.0. The molecule has 0 atom stereocenters. The number of hydrogen-bond donors (Lipinski definition) is 0. The van der Waals surface area contributed by atoms with E-state index in [-0.39, 0.29) is 0 Å². The highest BCUT2D eigenvalue weighted by atomic mass is 32.3. The fourth-order valence-electron chi connectivity index (χ4n) is 8.08. The van der Waals surface area contributed by atoms with E-state index in [9.17, 15) is 0 Å². The van der Waals surface area contributed by atoms with Gasteiger partial charge in [0.25, 0.3) is 0 Å². The predicted molar refractivity (Wildman–Crippen MR) is 235 cm³/mol. The lowest BCUT2D eigenvalue weighted by atomic mass is 9.96. The van der Waals surface area contributed by atoms with Crippen molar-refractivity contribution in [2.75, 3.05) is 0 Å².